The molecule has 0 amide bonds. The first-order valence-electron chi connectivity index (χ1n) is 6.43. The Morgan fingerprint density at radius 3 is 3.06 bits per heavy atom. The van der Waals surface area contributed by atoms with Crippen molar-refractivity contribution >= 4 is 11.5 Å². The molecule has 0 saturated heterocycles. The van der Waals surface area contributed by atoms with Gasteiger partial charge in [0.1, 0.15) is 5.84 Å². The maximum absolute atomic E-state index is 6.22. The van der Waals surface area contributed by atoms with Crippen LogP contribution in [-0.4, -0.2) is 18.9 Å². The zero-order chi connectivity index (χ0) is 11.8. The standard InChI is InChI=1S/C14H19N3/c1-9-7-10-3-2-4-11(13(10)12(15)8-9)14-16-5-6-17-14/h7-8,11H,2-6,15H2,1H3,(H,16,17). The van der Waals surface area contributed by atoms with E-state index >= 15 is 0 Å². The van der Waals surface area contributed by atoms with Gasteiger partial charge in [0, 0.05) is 18.2 Å². The summed E-state index contributed by atoms with van der Waals surface area (Å²) < 4.78 is 0. The zero-order valence-corrected chi connectivity index (χ0v) is 10.3. The fraction of sp³-hybridized carbons (Fsp3) is 0.500. The minimum atomic E-state index is 0.404. The molecule has 3 N–H and O–H groups in total. The van der Waals surface area contributed by atoms with Crippen molar-refractivity contribution in [2.75, 3.05) is 18.8 Å². The van der Waals surface area contributed by atoms with E-state index in [9.17, 15) is 0 Å². The number of aliphatic imine (C=N–C) groups is 1. The monoisotopic (exact) mass is 229 g/mol. The summed E-state index contributed by atoms with van der Waals surface area (Å²) in [6.07, 6.45) is 3.57. The van der Waals surface area contributed by atoms with E-state index in [2.05, 4.69) is 29.4 Å². The number of aryl methyl sites for hydroxylation is 2. The third-order valence-corrected chi connectivity index (χ3v) is 3.76. The van der Waals surface area contributed by atoms with Crippen molar-refractivity contribution in [1.82, 2.24) is 5.32 Å². The van der Waals surface area contributed by atoms with Gasteiger partial charge in [-0.25, -0.2) is 0 Å². The maximum atomic E-state index is 6.22. The van der Waals surface area contributed by atoms with E-state index in [1.54, 1.807) is 0 Å². The van der Waals surface area contributed by atoms with Crippen molar-refractivity contribution in [2.24, 2.45) is 4.99 Å². The molecule has 3 rings (SSSR count). The van der Waals surface area contributed by atoms with Crippen LogP contribution in [0.3, 0.4) is 0 Å². The van der Waals surface area contributed by atoms with E-state index < -0.39 is 0 Å². The molecule has 1 aromatic rings. The molecule has 0 radical (unpaired) electrons. The normalized spacial score (nSPS) is 22.9. The highest BCUT2D eigenvalue weighted by Gasteiger charge is 2.28. The van der Waals surface area contributed by atoms with Gasteiger partial charge in [0.15, 0.2) is 0 Å². The number of anilines is 1. The van der Waals surface area contributed by atoms with Crippen LogP contribution in [0.15, 0.2) is 17.1 Å². The molecule has 1 heterocycles. The molecule has 2 aliphatic rings. The van der Waals surface area contributed by atoms with Crippen LogP contribution in [0.2, 0.25) is 0 Å². The first kappa shape index (κ1) is 10.6. The molecule has 1 atom stereocenters. The molecule has 1 aliphatic heterocycles. The minimum Gasteiger partial charge on any atom is -0.398 e. The molecule has 90 valence electrons. The molecule has 0 saturated carbocycles. The van der Waals surface area contributed by atoms with Crippen molar-refractivity contribution in [1.29, 1.82) is 0 Å². The van der Waals surface area contributed by atoms with Gasteiger partial charge in [-0.2, -0.15) is 0 Å². The van der Waals surface area contributed by atoms with Gasteiger partial charge < -0.3 is 11.1 Å². The van der Waals surface area contributed by atoms with Crippen LogP contribution in [0.5, 0.6) is 0 Å². The van der Waals surface area contributed by atoms with Gasteiger partial charge in [0.05, 0.1) is 6.54 Å². The average Bonchev–Trinajstić information content (AvgIpc) is 2.80. The Morgan fingerprint density at radius 2 is 2.29 bits per heavy atom. The molecule has 3 heteroatoms. The second-order valence-corrected chi connectivity index (χ2v) is 5.07. The van der Waals surface area contributed by atoms with Gasteiger partial charge in [0.25, 0.3) is 0 Å². The molecule has 3 nitrogen and oxygen atoms in total. The smallest absolute Gasteiger partial charge is 0.104 e. The predicted octanol–water partition coefficient (Wildman–Crippen LogP) is 2.00. The fourth-order valence-electron chi connectivity index (χ4n) is 3.10. The number of nitrogen functional groups attached to an aromatic ring is 1. The number of fused-ring (bicyclic) bond motifs is 1. The summed E-state index contributed by atoms with van der Waals surface area (Å²) in [4.78, 5) is 4.57. The van der Waals surface area contributed by atoms with Gasteiger partial charge in [-0.1, -0.05) is 6.07 Å². The number of nitrogens with two attached hydrogens (primary N) is 1. The summed E-state index contributed by atoms with van der Waals surface area (Å²) in [5, 5.41) is 3.40. The largest absolute Gasteiger partial charge is 0.398 e. The SMILES string of the molecule is Cc1cc(N)c2c(c1)CCCC2C1=NCCN1. The molecule has 1 aromatic carbocycles. The molecule has 1 unspecified atom stereocenters. The van der Waals surface area contributed by atoms with Crippen LogP contribution >= 0.6 is 0 Å². The number of hydrogen-bond donors (Lipinski definition) is 2. The van der Waals surface area contributed by atoms with E-state index in [1.807, 2.05) is 0 Å². The second-order valence-electron chi connectivity index (χ2n) is 5.07. The Bertz CT molecular complexity index is 477. The van der Waals surface area contributed by atoms with Crippen molar-refractivity contribution in [2.45, 2.75) is 32.1 Å². The minimum absolute atomic E-state index is 0.404. The van der Waals surface area contributed by atoms with Crippen molar-refractivity contribution in [3.05, 3.63) is 28.8 Å². The molecular formula is C14H19N3. The van der Waals surface area contributed by atoms with Crippen LogP contribution < -0.4 is 11.1 Å². The summed E-state index contributed by atoms with van der Waals surface area (Å²) in [7, 11) is 0. The number of amidine groups is 1. The topological polar surface area (TPSA) is 50.4 Å². The van der Waals surface area contributed by atoms with Gasteiger partial charge in [-0.05, 0) is 48.9 Å². The average molecular weight is 229 g/mol. The summed E-state index contributed by atoms with van der Waals surface area (Å²) in [5.74, 6) is 1.56. The lowest BCUT2D eigenvalue weighted by Crippen LogP contribution is -2.29. The third kappa shape index (κ3) is 1.79. The highest BCUT2D eigenvalue weighted by Crippen LogP contribution is 2.37. The number of benzene rings is 1. The lowest BCUT2D eigenvalue weighted by atomic mass is 9.80. The van der Waals surface area contributed by atoms with Crippen molar-refractivity contribution in [3.63, 3.8) is 0 Å². The van der Waals surface area contributed by atoms with Crippen LogP contribution in [-0.2, 0) is 6.42 Å². The molecule has 0 bridgehead atoms. The highest BCUT2D eigenvalue weighted by molar-refractivity contribution is 5.92. The summed E-state index contributed by atoms with van der Waals surface area (Å²) in [5.41, 5.74) is 11.2. The van der Waals surface area contributed by atoms with Gasteiger partial charge in [0.2, 0.25) is 0 Å². The summed E-state index contributed by atoms with van der Waals surface area (Å²) in [6, 6.07) is 4.38. The van der Waals surface area contributed by atoms with E-state index in [0.29, 0.717) is 5.92 Å². The Morgan fingerprint density at radius 1 is 1.41 bits per heavy atom. The van der Waals surface area contributed by atoms with Crippen molar-refractivity contribution in [3.8, 4) is 0 Å². The zero-order valence-electron chi connectivity index (χ0n) is 10.3. The highest BCUT2D eigenvalue weighted by atomic mass is 15.1. The van der Waals surface area contributed by atoms with Crippen LogP contribution in [0.1, 0.15) is 35.4 Å². The molecular weight excluding hydrogens is 210 g/mol. The van der Waals surface area contributed by atoms with E-state index in [0.717, 1.165) is 31.0 Å². The molecule has 0 spiro atoms. The molecule has 17 heavy (non-hydrogen) atoms. The fourth-order valence-corrected chi connectivity index (χ4v) is 3.10. The predicted molar refractivity (Wildman–Crippen MR) is 71.6 cm³/mol. The number of nitrogens with zero attached hydrogens (tertiary/aromatic N) is 1. The van der Waals surface area contributed by atoms with Crippen LogP contribution in [0, 0.1) is 6.92 Å². The van der Waals surface area contributed by atoms with E-state index in [4.69, 9.17) is 5.73 Å². The van der Waals surface area contributed by atoms with Gasteiger partial charge in [-0.3, -0.25) is 4.99 Å². The lowest BCUT2D eigenvalue weighted by Gasteiger charge is -2.27. The van der Waals surface area contributed by atoms with Gasteiger partial charge >= 0.3 is 0 Å². The molecule has 1 aliphatic carbocycles. The summed E-state index contributed by atoms with van der Waals surface area (Å²) >= 11 is 0. The van der Waals surface area contributed by atoms with Crippen LogP contribution in [0.4, 0.5) is 5.69 Å². The molecule has 0 aromatic heterocycles. The van der Waals surface area contributed by atoms with Gasteiger partial charge in [-0.15, -0.1) is 0 Å². The second kappa shape index (κ2) is 4.06. The molecule has 0 fully saturated rings. The number of nitrogens with one attached hydrogen (secondary N) is 1. The first-order valence-corrected chi connectivity index (χ1v) is 6.43. The van der Waals surface area contributed by atoms with E-state index in [1.165, 1.54) is 29.5 Å². The Kier molecular flexibility index (Phi) is 2.54. The summed E-state index contributed by atoms with van der Waals surface area (Å²) in [6.45, 7) is 4.01. The van der Waals surface area contributed by atoms with E-state index in [-0.39, 0.29) is 0 Å². The lowest BCUT2D eigenvalue weighted by molar-refractivity contribution is 0.642. The Hall–Kier alpha value is -1.51. The maximum Gasteiger partial charge on any atom is 0.104 e. The third-order valence-electron chi connectivity index (χ3n) is 3.76. The Balaban J connectivity index is 2.07. The van der Waals surface area contributed by atoms with Crippen LogP contribution in [0.25, 0.3) is 0 Å². The Labute approximate surface area is 102 Å². The quantitative estimate of drug-likeness (QED) is 0.724. The number of hydrogen-bond acceptors (Lipinski definition) is 3. The number of rotatable bonds is 1. The first-order chi connectivity index (χ1) is 8.25. The van der Waals surface area contributed by atoms with Crippen molar-refractivity contribution < 1.29 is 0 Å².